The van der Waals surface area contributed by atoms with Crippen LogP contribution >= 0.6 is 0 Å². The molecule has 0 heterocycles. The second-order valence-corrected chi connectivity index (χ2v) is 0.861. The number of hydrogen-bond acceptors (Lipinski definition) is 2. The average molecular weight is 114 g/mol. The number of Topliss-reactive ketones (excluding diaryl/α,β-unsaturated/α-hetero) is 1. The van der Waals surface area contributed by atoms with E-state index in [0.29, 0.717) is 0 Å². The van der Waals surface area contributed by atoms with Crippen LogP contribution in [0, 0.1) is 0 Å². The molecule has 38 valence electrons. The summed E-state index contributed by atoms with van der Waals surface area (Å²) >= 11 is 0. The van der Waals surface area contributed by atoms with Crippen LogP contribution in [0.25, 0.3) is 0 Å². The van der Waals surface area contributed by atoms with Gasteiger partial charge in [-0.25, -0.2) is 4.79 Å². The Balaban J connectivity index is -0.0000000417. The van der Waals surface area contributed by atoms with Crippen LogP contribution < -0.4 is 0 Å². The predicted octanol–water partition coefficient (Wildman–Crippen LogP) is -0.496. The predicted molar refractivity (Wildman–Crippen MR) is 26.3 cm³/mol. The Morgan fingerprint density at radius 3 is 1.71 bits per heavy atom. The molecule has 0 saturated heterocycles. The number of aliphatic carboxylic acids is 1. The van der Waals surface area contributed by atoms with E-state index in [4.69, 9.17) is 5.11 Å². The summed E-state index contributed by atoms with van der Waals surface area (Å²) in [5.41, 5.74) is 0. The minimum absolute atomic E-state index is 0. The van der Waals surface area contributed by atoms with E-state index >= 15 is 0 Å². The molecule has 0 fully saturated rings. The van der Waals surface area contributed by atoms with Crippen molar-refractivity contribution in [3.63, 3.8) is 0 Å². The minimum atomic E-state index is -1.38. The molecule has 3 nitrogen and oxygen atoms in total. The fraction of sp³-hybridized carbons (Fsp3) is 0.333. The van der Waals surface area contributed by atoms with E-state index in [1.54, 1.807) is 0 Å². The Hall–Kier alpha value is -0.0938. The molecule has 0 atom stereocenters. The third kappa shape index (κ3) is 5.91. The first-order valence-electron chi connectivity index (χ1n) is 1.38. The zero-order valence-corrected chi connectivity index (χ0v) is 5.39. The molecule has 7 heavy (non-hydrogen) atoms. The smallest absolute Gasteiger partial charge is 1.00 e. The Labute approximate surface area is 59.8 Å². The van der Waals surface area contributed by atoms with Crippen LogP contribution in [0.2, 0.25) is 0 Å². The van der Waals surface area contributed by atoms with Gasteiger partial charge in [0.2, 0.25) is 5.78 Å². The van der Waals surface area contributed by atoms with Gasteiger partial charge in [-0.3, -0.25) is 4.79 Å². The molecule has 0 unspecified atom stereocenters. The summed E-state index contributed by atoms with van der Waals surface area (Å²) in [6, 6.07) is 0. The van der Waals surface area contributed by atoms with E-state index in [9.17, 15) is 9.59 Å². The SMILES string of the molecule is CC(=O)C(=O)O.[H-].[H-].[Mg+2]. The molecule has 4 heteroatoms. The van der Waals surface area contributed by atoms with Crippen LogP contribution in [0.15, 0.2) is 0 Å². The van der Waals surface area contributed by atoms with Crippen LogP contribution in [-0.2, 0) is 9.59 Å². The van der Waals surface area contributed by atoms with Gasteiger partial charge in [0.15, 0.2) is 0 Å². The van der Waals surface area contributed by atoms with Gasteiger partial charge >= 0.3 is 29.0 Å². The molecular weight excluding hydrogens is 108 g/mol. The van der Waals surface area contributed by atoms with Gasteiger partial charge < -0.3 is 7.96 Å². The third-order valence-electron chi connectivity index (χ3n) is 0.301. The zero-order valence-electron chi connectivity index (χ0n) is 5.97. The molecule has 0 spiro atoms. The largest absolute Gasteiger partial charge is 2.00 e. The summed E-state index contributed by atoms with van der Waals surface area (Å²) in [4.78, 5) is 18.9. The summed E-state index contributed by atoms with van der Waals surface area (Å²) in [6.07, 6.45) is 0. The van der Waals surface area contributed by atoms with Crippen molar-refractivity contribution in [3.8, 4) is 0 Å². The topological polar surface area (TPSA) is 54.4 Å². The summed E-state index contributed by atoms with van der Waals surface area (Å²) in [7, 11) is 0. The molecule has 0 aromatic carbocycles. The summed E-state index contributed by atoms with van der Waals surface area (Å²) in [5.74, 6) is -2.20. The molecule has 0 rings (SSSR count). The summed E-state index contributed by atoms with van der Waals surface area (Å²) in [6.45, 7) is 1.00. The van der Waals surface area contributed by atoms with Crippen LogP contribution in [-0.4, -0.2) is 39.9 Å². The molecule has 0 aliphatic heterocycles. The van der Waals surface area contributed by atoms with Crippen molar-refractivity contribution in [1.29, 1.82) is 0 Å². The molecule has 0 radical (unpaired) electrons. The van der Waals surface area contributed by atoms with Crippen molar-refractivity contribution in [2.75, 3.05) is 0 Å². The van der Waals surface area contributed by atoms with Gasteiger partial charge in [0.25, 0.3) is 0 Å². The second kappa shape index (κ2) is 4.08. The van der Waals surface area contributed by atoms with E-state index in [0.717, 1.165) is 6.92 Å². The van der Waals surface area contributed by atoms with E-state index in [-0.39, 0.29) is 25.9 Å². The van der Waals surface area contributed by atoms with Crippen LogP contribution in [0.5, 0.6) is 0 Å². The molecular formula is C3H6MgO3. The van der Waals surface area contributed by atoms with Gasteiger partial charge in [-0.05, 0) is 0 Å². The van der Waals surface area contributed by atoms with E-state index < -0.39 is 11.8 Å². The van der Waals surface area contributed by atoms with Gasteiger partial charge in [0, 0.05) is 6.92 Å². The van der Waals surface area contributed by atoms with Crippen LogP contribution in [0.3, 0.4) is 0 Å². The standard InChI is InChI=1S/C3H4O3.Mg.2H/c1-2(4)3(5)6;;;/h1H3,(H,5,6);;;/q;+2;2*-1. The number of rotatable bonds is 1. The number of carbonyl (C=O) groups is 2. The first kappa shape index (κ1) is 10.0. The molecule has 1 N–H and O–H groups in total. The second-order valence-electron chi connectivity index (χ2n) is 0.861. The van der Waals surface area contributed by atoms with E-state index in [1.807, 2.05) is 0 Å². The molecule has 0 aromatic heterocycles. The Morgan fingerprint density at radius 1 is 1.57 bits per heavy atom. The maximum Gasteiger partial charge on any atom is 2.00 e. The van der Waals surface area contributed by atoms with Crippen molar-refractivity contribution in [1.82, 2.24) is 0 Å². The normalized spacial score (nSPS) is 6.43. The van der Waals surface area contributed by atoms with Gasteiger partial charge in [-0.15, -0.1) is 0 Å². The zero-order chi connectivity index (χ0) is 5.15. The number of carbonyl (C=O) groups excluding carboxylic acids is 1. The Morgan fingerprint density at radius 2 is 1.71 bits per heavy atom. The number of hydrogen-bond donors (Lipinski definition) is 1. The molecule has 0 amide bonds. The minimum Gasteiger partial charge on any atom is -1.00 e. The number of ketones is 1. The van der Waals surface area contributed by atoms with Gasteiger partial charge in [-0.2, -0.15) is 0 Å². The molecule has 0 saturated carbocycles. The van der Waals surface area contributed by atoms with E-state index in [1.165, 1.54) is 0 Å². The van der Waals surface area contributed by atoms with Gasteiger partial charge in [0.1, 0.15) is 0 Å². The first-order chi connectivity index (χ1) is 2.64. The third-order valence-corrected chi connectivity index (χ3v) is 0.301. The quantitative estimate of drug-likeness (QED) is 0.369. The first-order valence-corrected chi connectivity index (χ1v) is 1.38. The summed E-state index contributed by atoms with van der Waals surface area (Å²) < 4.78 is 0. The van der Waals surface area contributed by atoms with Crippen molar-refractivity contribution in [3.05, 3.63) is 0 Å². The summed E-state index contributed by atoms with van der Waals surface area (Å²) in [5, 5.41) is 7.64. The average Bonchev–Trinajstić information content (AvgIpc) is 1.36. The van der Waals surface area contributed by atoms with Crippen LogP contribution in [0.4, 0.5) is 0 Å². The Kier molecular flexibility index (Phi) is 5.83. The fourth-order valence-electron chi connectivity index (χ4n) is 0. The Bertz CT molecular complexity index is 83.1. The van der Waals surface area contributed by atoms with Crippen molar-refractivity contribution in [2.24, 2.45) is 0 Å². The molecule has 0 aliphatic rings. The molecule has 0 bridgehead atoms. The van der Waals surface area contributed by atoms with E-state index in [2.05, 4.69) is 0 Å². The molecule has 0 aromatic rings. The maximum absolute atomic E-state index is 9.54. The van der Waals surface area contributed by atoms with Crippen molar-refractivity contribution < 1.29 is 17.5 Å². The van der Waals surface area contributed by atoms with Crippen molar-refractivity contribution >= 4 is 34.8 Å². The molecule has 0 aliphatic carbocycles. The number of carboxylic acid groups (broad SMARTS) is 1. The van der Waals surface area contributed by atoms with Gasteiger partial charge in [0.05, 0.1) is 0 Å². The maximum atomic E-state index is 9.54. The monoisotopic (exact) mass is 114 g/mol. The van der Waals surface area contributed by atoms with Gasteiger partial charge in [-0.1, -0.05) is 0 Å². The van der Waals surface area contributed by atoms with Crippen molar-refractivity contribution in [2.45, 2.75) is 6.92 Å². The fourth-order valence-corrected chi connectivity index (χ4v) is 0. The van der Waals surface area contributed by atoms with Crippen LogP contribution in [0.1, 0.15) is 9.78 Å². The number of carboxylic acids is 1.